The molecule has 0 aliphatic carbocycles. The van der Waals surface area contributed by atoms with Crippen LogP contribution >= 0.6 is 0 Å². The fourth-order valence-corrected chi connectivity index (χ4v) is 1.61. The lowest BCUT2D eigenvalue weighted by Crippen LogP contribution is -2.31. The van der Waals surface area contributed by atoms with Crippen LogP contribution in [0.1, 0.15) is 13.8 Å². The van der Waals surface area contributed by atoms with Crippen LogP contribution in [0.15, 0.2) is 18.5 Å². The maximum Gasteiger partial charge on any atom is 0.490 e. The van der Waals surface area contributed by atoms with Gasteiger partial charge in [0.25, 0.3) is 0 Å². The molecule has 1 aromatic rings. The maximum absolute atomic E-state index is 11.5. The van der Waals surface area contributed by atoms with E-state index in [1.54, 1.807) is 13.8 Å². The molecule has 1 aromatic heterocycles. The highest BCUT2D eigenvalue weighted by Crippen LogP contribution is 2.08. The van der Waals surface area contributed by atoms with E-state index in [9.17, 15) is 8.42 Å². The van der Waals surface area contributed by atoms with Gasteiger partial charge in [0.15, 0.2) is 0 Å². The summed E-state index contributed by atoms with van der Waals surface area (Å²) in [5.41, 5.74) is 0.336. The van der Waals surface area contributed by atoms with Crippen molar-refractivity contribution in [1.29, 1.82) is 0 Å². The quantitative estimate of drug-likeness (QED) is 0.584. The Labute approximate surface area is 94.5 Å². The first-order chi connectivity index (χ1) is 7.33. The van der Waals surface area contributed by atoms with Crippen LogP contribution in [0.5, 0.6) is 0 Å². The third-order valence-corrected chi connectivity index (χ3v) is 3.70. The number of rotatable bonds is 4. The molecule has 1 heterocycles. The molecule has 0 aromatic carbocycles. The number of anilines is 1. The number of pyridine rings is 1. The first-order valence-electron chi connectivity index (χ1n) is 4.65. The van der Waals surface area contributed by atoms with Crippen LogP contribution in [0.4, 0.5) is 5.69 Å². The summed E-state index contributed by atoms with van der Waals surface area (Å²) in [6.07, 6.45) is 2.55. The second-order valence-corrected chi connectivity index (χ2v) is 5.81. The zero-order chi connectivity index (χ0) is 12.3. The summed E-state index contributed by atoms with van der Waals surface area (Å²) in [6, 6.07) is 1.32. The molecule has 6 nitrogen and oxygen atoms in total. The van der Waals surface area contributed by atoms with Gasteiger partial charge in [0.05, 0.1) is 17.1 Å². The topological polar surface area (TPSA) is 99.5 Å². The summed E-state index contributed by atoms with van der Waals surface area (Å²) in [7, 11) is -5.12. The van der Waals surface area contributed by atoms with Crippen molar-refractivity contribution >= 4 is 28.3 Å². The van der Waals surface area contributed by atoms with E-state index in [4.69, 9.17) is 10.0 Å². The average molecular weight is 244 g/mol. The minimum absolute atomic E-state index is 0.129. The minimum Gasteiger partial charge on any atom is -0.423 e. The molecule has 0 atom stereocenters. The Morgan fingerprint density at radius 2 is 2.00 bits per heavy atom. The van der Waals surface area contributed by atoms with Gasteiger partial charge in [-0.05, 0) is 19.9 Å². The van der Waals surface area contributed by atoms with Gasteiger partial charge in [-0.2, -0.15) is 0 Å². The molecule has 0 amide bonds. The van der Waals surface area contributed by atoms with Gasteiger partial charge in [0.1, 0.15) is 0 Å². The third kappa shape index (κ3) is 3.19. The van der Waals surface area contributed by atoms with Crippen molar-refractivity contribution in [1.82, 2.24) is 4.98 Å². The monoisotopic (exact) mass is 244 g/mol. The van der Waals surface area contributed by atoms with Crippen molar-refractivity contribution in [2.45, 2.75) is 19.1 Å². The van der Waals surface area contributed by atoms with E-state index in [-0.39, 0.29) is 11.2 Å². The summed E-state index contributed by atoms with van der Waals surface area (Å²) in [5, 5.41) is 17.2. The first kappa shape index (κ1) is 13.0. The lowest BCUT2D eigenvalue weighted by atomic mass is 9.81. The van der Waals surface area contributed by atoms with E-state index in [0.717, 1.165) is 0 Å². The molecule has 0 aliphatic heterocycles. The summed E-state index contributed by atoms with van der Waals surface area (Å²) in [4.78, 5) is 3.70. The van der Waals surface area contributed by atoms with Crippen LogP contribution in [-0.2, 0) is 10.0 Å². The summed E-state index contributed by atoms with van der Waals surface area (Å²) in [5.74, 6) is 0. The highest BCUT2D eigenvalue weighted by atomic mass is 32.2. The summed E-state index contributed by atoms with van der Waals surface area (Å²) < 4.78 is 25.3. The van der Waals surface area contributed by atoms with E-state index >= 15 is 0 Å². The minimum atomic E-state index is -3.45. The Kier molecular flexibility index (Phi) is 3.90. The molecule has 0 radical (unpaired) electrons. The van der Waals surface area contributed by atoms with Crippen LogP contribution in [0.3, 0.4) is 0 Å². The van der Waals surface area contributed by atoms with Gasteiger partial charge >= 0.3 is 7.12 Å². The lowest BCUT2D eigenvalue weighted by molar-refractivity contribution is 0.425. The maximum atomic E-state index is 11.5. The van der Waals surface area contributed by atoms with Gasteiger partial charge in [-0.3, -0.25) is 9.71 Å². The predicted molar refractivity (Wildman–Crippen MR) is 61.7 cm³/mol. The molecule has 0 saturated carbocycles. The molecule has 0 fully saturated rings. The van der Waals surface area contributed by atoms with Crippen LogP contribution in [-0.4, -0.2) is 35.8 Å². The molecule has 3 N–H and O–H groups in total. The Morgan fingerprint density at radius 1 is 1.38 bits per heavy atom. The molecule has 0 bridgehead atoms. The standard InChI is InChI=1S/C8H13BN2O4S/c1-6(2)16(14,15)11-8-3-7(9(12)13)4-10-5-8/h3-6,11-13H,1-2H3. The van der Waals surface area contributed by atoms with E-state index in [1.807, 2.05) is 0 Å². The Hall–Kier alpha value is -1.12. The smallest absolute Gasteiger partial charge is 0.423 e. The third-order valence-electron chi connectivity index (χ3n) is 1.94. The van der Waals surface area contributed by atoms with E-state index in [0.29, 0.717) is 0 Å². The van der Waals surface area contributed by atoms with E-state index < -0.39 is 22.4 Å². The lowest BCUT2D eigenvalue weighted by Gasteiger charge is -2.11. The zero-order valence-electron chi connectivity index (χ0n) is 8.95. The number of nitrogens with one attached hydrogen (secondary N) is 1. The van der Waals surface area contributed by atoms with Crippen LogP contribution in [0.25, 0.3) is 0 Å². The Bertz CT molecular complexity index is 461. The van der Waals surface area contributed by atoms with Crippen molar-refractivity contribution < 1.29 is 18.5 Å². The van der Waals surface area contributed by atoms with Crippen molar-refractivity contribution in [3.8, 4) is 0 Å². The van der Waals surface area contributed by atoms with Gasteiger partial charge in [0.2, 0.25) is 10.0 Å². The number of sulfonamides is 1. The molecule has 0 aliphatic rings. The second kappa shape index (κ2) is 4.81. The summed E-state index contributed by atoms with van der Waals surface area (Å²) >= 11 is 0. The molecular weight excluding hydrogens is 231 g/mol. The highest BCUT2D eigenvalue weighted by molar-refractivity contribution is 7.93. The molecule has 16 heavy (non-hydrogen) atoms. The van der Waals surface area contributed by atoms with Crippen molar-refractivity contribution in [2.24, 2.45) is 0 Å². The number of aromatic nitrogens is 1. The second-order valence-electron chi connectivity index (χ2n) is 3.58. The fourth-order valence-electron chi connectivity index (χ4n) is 0.937. The normalized spacial score (nSPS) is 11.6. The van der Waals surface area contributed by atoms with Crippen molar-refractivity contribution in [2.75, 3.05) is 4.72 Å². The van der Waals surface area contributed by atoms with Gasteiger partial charge in [-0.25, -0.2) is 8.42 Å². The highest BCUT2D eigenvalue weighted by Gasteiger charge is 2.17. The van der Waals surface area contributed by atoms with Gasteiger partial charge in [-0.15, -0.1) is 0 Å². The molecule has 8 heteroatoms. The van der Waals surface area contributed by atoms with Crippen molar-refractivity contribution in [3.63, 3.8) is 0 Å². The van der Waals surface area contributed by atoms with Gasteiger partial charge in [-0.1, -0.05) is 0 Å². The number of hydrogen-bond acceptors (Lipinski definition) is 5. The zero-order valence-corrected chi connectivity index (χ0v) is 9.77. The first-order valence-corrected chi connectivity index (χ1v) is 6.20. The molecule has 0 spiro atoms. The molecule has 1 rings (SSSR count). The van der Waals surface area contributed by atoms with E-state index in [2.05, 4.69) is 9.71 Å². The van der Waals surface area contributed by atoms with Gasteiger partial charge in [0, 0.05) is 11.7 Å². The number of hydrogen-bond donors (Lipinski definition) is 3. The van der Waals surface area contributed by atoms with Crippen molar-refractivity contribution in [3.05, 3.63) is 18.5 Å². The van der Waals surface area contributed by atoms with Crippen LogP contribution < -0.4 is 10.2 Å². The molecular formula is C8H13BN2O4S. The molecule has 0 unspecified atom stereocenters. The average Bonchev–Trinajstić information content (AvgIpc) is 2.17. The van der Waals surface area contributed by atoms with Crippen LogP contribution in [0, 0.1) is 0 Å². The van der Waals surface area contributed by atoms with Crippen LogP contribution in [0.2, 0.25) is 0 Å². The van der Waals surface area contributed by atoms with Gasteiger partial charge < -0.3 is 10.0 Å². The number of nitrogens with zero attached hydrogens (tertiary/aromatic N) is 1. The largest absolute Gasteiger partial charge is 0.490 e. The Morgan fingerprint density at radius 3 is 2.50 bits per heavy atom. The molecule has 0 saturated heterocycles. The fraction of sp³-hybridized carbons (Fsp3) is 0.375. The van der Waals surface area contributed by atoms with E-state index in [1.165, 1.54) is 18.5 Å². The SMILES string of the molecule is CC(C)S(=O)(=O)Nc1cncc(B(O)O)c1. The predicted octanol–water partition coefficient (Wildman–Crippen LogP) is -1.09. The molecule has 88 valence electrons. The summed E-state index contributed by atoms with van der Waals surface area (Å²) in [6.45, 7) is 3.08. The Balaban J connectivity index is 2.95.